The number of nitrogens with one attached hydrogen (secondary N) is 1. The van der Waals surface area contributed by atoms with Crippen molar-refractivity contribution in [2.75, 3.05) is 19.7 Å². The Morgan fingerprint density at radius 3 is 2.70 bits per heavy atom. The number of aromatic amines is 1. The van der Waals surface area contributed by atoms with Gasteiger partial charge in [0.15, 0.2) is 0 Å². The number of hydrogen-bond donors (Lipinski definition) is 1. The van der Waals surface area contributed by atoms with Gasteiger partial charge in [-0.05, 0) is 72.9 Å². The maximum Gasteiger partial charge on any atom is 0.123 e. The number of ether oxygens (including phenoxy) is 1. The molecule has 5 rings (SSSR count). The van der Waals surface area contributed by atoms with Crippen molar-refractivity contribution in [3.05, 3.63) is 72.4 Å². The van der Waals surface area contributed by atoms with Crippen molar-refractivity contribution in [1.29, 1.82) is 0 Å². The van der Waals surface area contributed by atoms with E-state index in [2.05, 4.69) is 34.1 Å². The predicted molar refractivity (Wildman–Crippen MR) is 117 cm³/mol. The fourth-order valence-electron chi connectivity index (χ4n) is 4.85. The number of hydrogen-bond acceptors (Lipinski definition) is 3. The number of aromatic nitrogens is 2. The van der Waals surface area contributed by atoms with Crippen molar-refractivity contribution in [1.82, 2.24) is 14.9 Å². The van der Waals surface area contributed by atoms with Gasteiger partial charge in [-0.1, -0.05) is 6.08 Å². The number of H-pyrrole nitrogens is 1. The fraction of sp³-hybridized carbons (Fsp3) is 0.320. The highest BCUT2D eigenvalue weighted by Gasteiger charge is 2.35. The molecule has 0 spiro atoms. The summed E-state index contributed by atoms with van der Waals surface area (Å²) in [6.07, 6.45) is 10.5. The SMILES string of the molecule is CCO[C@@H]1C[C@@H]2CC(c3c[nH]c(-c4ccc(F)cc4)c3-c3ccncc3)=CCN2C1. The monoisotopic (exact) mass is 403 g/mol. The molecule has 5 heteroatoms. The Kier molecular flexibility index (Phi) is 5.23. The molecule has 2 aliphatic rings. The highest BCUT2D eigenvalue weighted by Crippen LogP contribution is 2.41. The summed E-state index contributed by atoms with van der Waals surface area (Å²) in [5.74, 6) is -0.226. The average molecular weight is 404 g/mol. The normalized spacial score (nSPS) is 21.5. The van der Waals surface area contributed by atoms with E-state index in [4.69, 9.17) is 4.74 Å². The zero-order valence-electron chi connectivity index (χ0n) is 17.1. The Morgan fingerprint density at radius 1 is 1.13 bits per heavy atom. The first-order valence-electron chi connectivity index (χ1n) is 10.7. The molecule has 2 aromatic heterocycles. The van der Waals surface area contributed by atoms with Crippen molar-refractivity contribution in [2.24, 2.45) is 0 Å². The summed E-state index contributed by atoms with van der Waals surface area (Å²) >= 11 is 0. The maximum atomic E-state index is 13.5. The summed E-state index contributed by atoms with van der Waals surface area (Å²) in [5.41, 5.74) is 6.85. The van der Waals surface area contributed by atoms with Crippen LogP contribution in [0.4, 0.5) is 4.39 Å². The van der Waals surface area contributed by atoms with Crippen molar-refractivity contribution in [2.45, 2.75) is 31.9 Å². The van der Waals surface area contributed by atoms with Crippen molar-refractivity contribution in [3.63, 3.8) is 0 Å². The van der Waals surface area contributed by atoms with Crippen molar-refractivity contribution >= 4 is 5.57 Å². The number of nitrogens with zero attached hydrogens (tertiary/aromatic N) is 2. The van der Waals surface area contributed by atoms with Crippen molar-refractivity contribution in [3.8, 4) is 22.4 Å². The second-order valence-electron chi connectivity index (χ2n) is 8.05. The van der Waals surface area contributed by atoms with E-state index in [0.717, 1.165) is 54.9 Å². The van der Waals surface area contributed by atoms with Gasteiger partial charge in [0.05, 0.1) is 11.8 Å². The van der Waals surface area contributed by atoms with E-state index in [1.165, 1.54) is 23.3 Å². The lowest BCUT2D eigenvalue weighted by Gasteiger charge is -2.29. The molecule has 0 radical (unpaired) electrons. The van der Waals surface area contributed by atoms with Crippen LogP contribution in [0, 0.1) is 5.82 Å². The van der Waals surface area contributed by atoms with E-state index in [-0.39, 0.29) is 5.82 Å². The quantitative estimate of drug-likeness (QED) is 0.641. The van der Waals surface area contributed by atoms with Crippen LogP contribution in [-0.4, -0.2) is 46.7 Å². The zero-order chi connectivity index (χ0) is 20.5. The Morgan fingerprint density at radius 2 is 1.93 bits per heavy atom. The summed E-state index contributed by atoms with van der Waals surface area (Å²) in [6, 6.07) is 11.3. The Balaban J connectivity index is 1.52. The molecule has 1 fully saturated rings. The molecule has 154 valence electrons. The van der Waals surface area contributed by atoms with Gasteiger partial charge >= 0.3 is 0 Å². The van der Waals surface area contributed by atoms with Gasteiger partial charge in [-0.15, -0.1) is 0 Å². The summed E-state index contributed by atoms with van der Waals surface area (Å²) in [7, 11) is 0. The largest absolute Gasteiger partial charge is 0.377 e. The second kappa shape index (κ2) is 8.17. The van der Waals surface area contributed by atoms with Gasteiger partial charge in [0, 0.05) is 55.5 Å². The number of pyridine rings is 1. The lowest BCUT2D eigenvalue weighted by Crippen LogP contribution is -2.33. The van der Waals surface area contributed by atoms with Gasteiger partial charge in [0.2, 0.25) is 0 Å². The standard InChI is InChI=1S/C25H26FN3O/c1-2-30-22-14-21-13-19(9-12-29(21)16-22)23-15-28-25(18-3-5-20(26)6-4-18)24(23)17-7-10-27-11-8-17/h3-11,15,21-22,28H,2,12-14,16H2,1H3/t21-,22+/m0/s1. The van der Waals surface area contributed by atoms with E-state index < -0.39 is 0 Å². The molecule has 1 saturated heterocycles. The number of rotatable bonds is 5. The Bertz CT molecular complexity index is 1040. The molecule has 1 aromatic carbocycles. The molecular weight excluding hydrogens is 377 g/mol. The molecule has 0 saturated carbocycles. The van der Waals surface area contributed by atoms with Crippen LogP contribution in [0.15, 0.2) is 61.1 Å². The van der Waals surface area contributed by atoms with Gasteiger partial charge in [0.25, 0.3) is 0 Å². The van der Waals surface area contributed by atoms with Crippen LogP contribution in [0.25, 0.3) is 28.0 Å². The topological polar surface area (TPSA) is 41.1 Å². The van der Waals surface area contributed by atoms with E-state index in [1.54, 1.807) is 0 Å². The molecule has 3 aromatic rings. The van der Waals surface area contributed by atoms with Gasteiger partial charge in [-0.25, -0.2) is 4.39 Å². The maximum absolute atomic E-state index is 13.5. The Hall–Kier alpha value is -2.76. The van der Waals surface area contributed by atoms with Crippen LogP contribution in [0.1, 0.15) is 25.3 Å². The molecule has 30 heavy (non-hydrogen) atoms. The molecule has 0 amide bonds. The van der Waals surface area contributed by atoms with Crippen LogP contribution in [0.2, 0.25) is 0 Å². The minimum atomic E-state index is -0.226. The van der Waals surface area contributed by atoms with E-state index in [9.17, 15) is 4.39 Å². The third kappa shape index (κ3) is 3.59. The van der Waals surface area contributed by atoms with Gasteiger partial charge < -0.3 is 9.72 Å². The third-order valence-corrected chi connectivity index (χ3v) is 6.25. The van der Waals surface area contributed by atoms with E-state index in [0.29, 0.717) is 12.1 Å². The molecular formula is C25H26FN3O. The summed E-state index contributed by atoms with van der Waals surface area (Å²) < 4.78 is 19.4. The first-order chi connectivity index (χ1) is 14.7. The minimum Gasteiger partial charge on any atom is -0.377 e. The molecule has 2 aliphatic heterocycles. The number of halogens is 1. The van der Waals surface area contributed by atoms with Crippen molar-refractivity contribution < 1.29 is 9.13 Å². The summed E-state index contributed by atoms with van der Waals surface area (Å²) in [5, 5.41) is 0. The average Bonchev–Trinajstić information content (AvgIpc) is 3.38. The summed E-state index contributed by atoms with van der Waals surface area (Å²) in [4.78, 5) is 10.2. The highest BCUT2D eigenvalue weighted by molar-refractivity contribution is 5.91. The first-order valence-corrected chi connectivity index (χ1v) is 10.7. The smallest absolute Gasteiger partial charge is 0.123 e. The van der Waals surface area contributed by atoms with Gasteiger partial charge in [-0.2, -0.15) is 0 Å². The molecule has 4 heterocycles. The van der Waals surface area contributed by atoms with Crippen LogP contribution in [0.5, 0.6) is 0 Å². The second-order valence-corrected chi connectivity index (χ2v) is 8.05. The number of benzene rings is 1. The predicted octanol–water partition coefficient (Wildman–Crippen LogP) is 5.15. The van der Waals surface area contributed by atoms with Gasteiger partial charge in [-0.3, -0.25) is 9.88 Å². The molecule has 4 nitrogen and oxygen atoms in total. The lowest BCUT2D eigenvalue weighted by molar-refractivity contribution is 0.0698. The lowest BCUT2D eigenvalue weighted by atomic mass is 9.89. The number of fused-ring (bicyclic) bond motifs is 1. The van der Waals surface area contributed by atoms with E-state index >= 15 is 0 Å². The fourth-order valence-corrected chi connectivity index (χ4v) is 4.85. The first kappa shape index (κ1) is 19.2. The summed E-state index contributed by atoms with van der Waals surface area (Å²) in [6.45, 7) is 4.82. The highest BCUT2D eigenvalue weighted by atomic mass is 19.1. The van der Waals surface area contributed by atoms with Crippen LogP contribution in [0.3, 0.4) is 0 Å². The third-order valence-electron chi connectivity index (χ3n) is 6.25. The van der Waals surface area contributed by atoms with Crippen LogP contribution < -0.4 is 0 Å². The Labute approximate surface area is 176 Å². The van der Waals surface area contributed by atoms with Crippen LogP contribution >= 0.6 is 0 Å². The van der Waals surface area contributed by atoms with E-state index in [1.807, 2.05) is 36.7 Å². The molecule has 0 bridgehead atoms. The van der Waals surface area contributed by atoms with Gasteiger partial charge in [0.1, 0.15) is 5.82 Å². The molecule has 0 unspecified atom stereocenters. The molecule has 2 atom stereocenters. The molecule has 0 aliphatic carbocycles. The zero-order valence-corrected chi connectivity index (χ0v) is 17.1. The minimum absolute atomic E-state index is 0.226. The molecule has 1 N–H and O–H groups in total. The van der Waals surface area contributed by atoms with Crippen LogP contribution in [-0.2, 0) is 4.74 Å².